The van der Waals surface area contributed by atoms with Gasteiger partial charge in [-0.3, -0.25) is 0 Å². The molecule has 1 heterocycles. The number of ether oxygens (including phenoxy) is 1. The standard InChI is InChI=1S/C17H14FNOS/c1-11-3-5-12(6-4-11)17-19-15(10-21-17)14-9-13(18)7-8-16(14)20-2/h3-10H,1-2H3. The van der Waals surface area contributed by atoms with Gasteiger partial charge in [0.1, 0.15) is 16.6 Å². The molecule has 3 aromatic rings. The average molecular weight is 299 g/mol. The molecule has 0 unspecified atom stereocenters. The fourth-order valence-electron chi connectivity index (χ4n) is 2.11. The molecule has 4 heteroatoms. The molecule has 21 heavy (non-hydrogen) atoms. The van der Waals surface area contributed by atoms with Crippen LogP contribution in [0.3, 0.4) is 0 Å². The quantitative estimate of drug-likeness (QED) is 0.684. The number of hydrogen-bond acceptors (Lipinski definition) is 3. The Hall–Kier alpha value is -2.20. The van der Waals surface area contributed by atoms with E-state index in [4.69, 9.17) is 4.74 Å². The molecule has 0 bridgehead atoms. The number of aryl methyl sites for hydroxylation is 1. The molecule has 2 aromatic carbocycles. The zero-order chi connectivity index (χ0) is 14.8. The summed E-state index contributed by atoms with van der Waals surface area (Å²) in [6.45, 7) is 2.05. The van der Waals surface area contributed by atoms with E-state index in [0.717, 1.165) is 16.3 Å². The van der Waals surface area contributed by atoms with Gasteiger partial charge in [0.2, 0.25) is 0 Å². The molecule has 0 amide bonds. The Bertz CT molecular complexity index is 765. The van der Waals surface area contributed by atoms with Crippen molar-refractivity contribution in [3.63, 3.8) is 0 Å². The highest BCUT2D eigenvalue weighted by molar-refractivity contribution is 7.13. The SMILES string of the molecule is COc1ccc(F)cc1-c1csc(-c2ccc(C)cc2)n1. The van der Waals surface area contributed by atoms with Gasteiger partial charge in [0.05, 0.1) is 12.8 Å². The van der Waals surface area contributed by atoms with Gasteiger partial charge in [-0.25, -0.2) is 9.37 Å². The van der Waals surface area contributed by atoms with Crippen molar-refractivity contribution < 1.29 is 9.13 Å². The highest BCUT2D eigenvalue weighted by Gasteiger charge is 2.12. The molecule has 0 saturated carbocycles. The molecule has 0 aliphatic heterocycles. The van der Waals surface area contributed by atoms with Gasteiger partial charge in [0, 0.05) is 16.5 Å². The minimum Gasteiger partial charge on any atom is -0.496 e. The summed E-state index contributed by atoms with van der Waals surface area (Å²) in [5.41, 5.74) is 3.67. The summed E-state index contributed by atoms with van der Waals surface area (Å²) >= 11 is 1.54. The first-order valence-electron chi connectivity index (χ1n) is 6.54. The third-order valence-electron chi connectivity index (χ3n) is 3.24. The first-order valence-corrected chi connectivity index (χ1v) is 7.42. The molecule has 0 fully saturated rings. The molecule has 3 rings (SSSR count). The largest absolute Gasteiger partial charge is 0.496 e. The third-order valence-corrected chi connectivity index (χ3v) is 4.13. The first kappa shape index (κ1) is 13.8. The number of methoxy groups -OCH3 is 1. The molecule has 0 N–H and O–H groups in total. The van der Waals surface area contributed by atoms with E-state index in [-0.39, 0.29) is 5.82 Å². The predicted molar refractivity (Wildman–Crippen MR) is 84.2 cm³/mol. The molecule has 0 atom stereocenters. The van der Waals surface area contributed by atoms with Gasteiger partial charge >= 0.3 is 0 Å². The van der Waals surface area contributed by atoms with Gasteiger partial charge in [-0.05, 0) is 25.1 Å². The smallest absolute Gasteiger partial charge is 0.128 e. The zero-order valence-corrected chi connectivity index (χ0v) is 12.6. The molecular weight excluding hydrogens is 285 g/mol. The lowest BCUT2D eigenvalue weighted by atomic mass is 10.1. The number of halogens is 1. The van der Waals surface area contributed by atoms with Crippen LogP contribution >= 0.6 is 11.3 Å². The normalized spacial score (nSPS) is 10.6. The molecular formula is C17H14FNOS. The number of aromatic nitrogens is 1. The lowest BCUT2D eigenvalue weighted by molar-refractivity contribution is 0.415. The summed E-state index contributed by atoms with van der Waals surface area (Å²) in [7, 11) is 1.57. The van der Waals surface area contributed by atoms with Crippen molar-refractivity contribution in [2.45, 2.75) is 6.92 Å². The van der Waals surface area contributed by atoms with Gasteiger partial charge in [-0.1, -0.05) is 29.8 Å². The highest BCUT2D eigenvalue weighted by Crippen LogP contribution is 2.34. The van der Waals surface area contributed by atoms with Crippen LogP contribution in [0.2, 0.25) is 0 Å². The lowest BCUT2D eigenvalue weighted by Crippen LogP contribution is -1.89. The van der Waals surface area contributed by atoms with Crippen molar-refractivity contribution in [1.29, 1.82) is 0 Å². The van der Waals surface area contributed by atoms with Crippen LogP contribution in [0.25, 0.3) is 21.8 Å². The molecule has 106 valence electrons. The van der Waals surface area contributed by atoms with E-state index in [0.29, 0.717) is 11.3 Å². The van der Waals surface area contributed by atoms with Crippen LogP contribution < -0.4 is 4.74 Å². The molecule has 1 aromatic heterocycles. The maximum Gasteiger partial charge on any atom is 0.128 e. The van der Waals surface area contributed by atoms with E-state index in [1.54, 1.807) is 13.2 Å². The van der Waals surface area contributed by atoms with Crippen LogP contribution in [0.1, 0.15) is 5.56 Å². The van der Waals surface area contributed by atoms with Crippen LogP contribution in [-0.2, 0) is 0 Å². The monoisotopic (exact) mass is 299 g/mol. The predicted octanol–water partition coefficient (Wildman–Crippen LogP) is 4.93. The average Bonchev–Trinajstić information content (AvgIpc) is 2.97. The molecule has 0 aliphatic rings. The number of thiazole rings is 1. The number of hydrogen-bond donors (Lipinski definition) is 0. The number of benzene rings is 2. The van der Waals surface area contributed by atoms with E-state index in [1.807, 2.05) is 17.5 Å². The Morgan fingerprint density at radius 1 is 1.10 bits per heavy atom. The summed E-state index contributed by atoms with van der Waals surface area (Å²) in [6.07, 6.45) is 0. The van der Waals surface area contributed by atoms with Gasteiger partial charge in [-0.15, -0.1) is 11.3 Å². The lowest BCUT2D eigenvalue weighted by Gasteiger charge is -2.05. The minimum atomic E-state index is -0.296. The van der Waals surface area contributed by atoms with E-state index in [9.17, 15) is 4.39 Å². The Morgan fingerprint density at radius 2 is 1.86 bits per heavy atom. The van der Waals surface area contributed by atoms with Crippen LogP contribution in [0.15, 0.2) is 47.8 Å². The molecule has 0 radical (unpaired) electrons. The number of rotatable bonds is 3. The summed E-state index contributed by atoms with van der Waals surface area (Å²) in [5.74, 6) is 0.327. The maximum absolute atomic E-state index is 13.5. The third kappa shape index (κ3) is 2.81. The van der Waals surface area contributed by atoms with Crippen molar-refractivity contribution >= 4 is 11.3 Å². The topological polar surface area (TPSA) is 22.1 Å². The maximum atomic E-state index is 13.5. The summed E-state index contributed by atoms with van der Waals surface area (Å²) < 4.78 is 18.7. The van der Waals surface area contributed by atoms with Crippen LogP contribution in [0, 0.1) is 12.7 Å². The zero-order valence-electron chi connectivity index (χ0n) is 11.8. The van der Waals surface area contributed by atoms with Gasteiger partial charge in [0.25, 0.3) is 0 Å². The molecule has 0 spiro atoms. The van der Waals surface area contributed by atoms with Crippen LogP contribution in [-0.4, -0.2) is 12.1 Å². The van der Waals surface area contributed by atoms with Gasteiger partial charge in [-0.2, -0.15) is 0 Å². The Kier molecular flexibility index (Phi) is 3.71. The molecule has 0 saturated heterocycles. The van der Waals surface area contributed by atoms with Crippen molar-refractivity contribution in [3.8, 4) is 27.6 Å². The van der Waals surface area contributed by atoms with Crippen LogP contribution in [0.4, 0.5) is 4.39 Å². The van der Waals surface area contributed by atoms with E-state index >= 15 is 0 Å². The highest BCUT2D eigenvalue weighted by atomic mass is 32.1. The minimum absolute atomic E-state index is 0.296. The van der Waals surface area contributed by atoms with E-state index in [2.05, 4.69) is 24.0 Å². The molecule has 2 nitrogen and oxygen atoms in total. The van der Waals surface area contributed by atoms with Crippen LogP contribution in [0.5, 0.6) is 5.75 Å². The molecule has 0 aliphatic carbocycles. The van der Waals surface area contributed by atoms with E-state index in [1.165, 1.54) is 29.0 Å². The second kappa shape index (κ2) is 5.66. The summed E-state index contributed by atoms with van der Waals surface area (Å²) in [4.78, 5) is 4.60. The Labute approximate surface area is 126 Å². The van der Waals surface area contributed by atoms with Gasteiger partial charge in [0.15, 0.2) is 0 Å². The Balaban J connectivity index is 2.02. The summed E-state index contributed by atoms with van der Waals surface area (Å²) in [5, 5.41) is 2.84. The van der Waals surface area contributed by atoms with Crippen molar-refractivity contribution in [2.75, 3.05) is 7.11 Å². The fourth-order valence-corrected chi connectivity index (χ4v) is 2.93. The fraction of sp³-hybridized carbons (Fsp3) is 0.118. The second-order valence-corrected chi connectivity index (χ2v) is 5.61. The van der Waals surface area contributed by atoms with Crippen molar-refractivity contribution in [2.24, 2.45) is 0 Å². The first-order chi connectivity index (χ1) is 10.2. The number of nitrogens with zero attached hydrogens (tertiary/aromatic N) is 1. The van der Waals surface area contributed by atoms with Crippen molar-refractivity contribution in [1.82, 2.24) is 4.98 Å². The van der Waals surface area contributed by atoms with Crippen molar-refractivity contribution in [3.05, 3.63) is 59.2 Å². The Morgan fingerprint density at radius 3 is 2.57 bits per heavy atom. The van der Waals surface area contributed by atoms with Gasteiger partial charge < -0.3 is 4.74 Å². The van der Waals surface area contributed by atoms with E-state index < -0.39 is 0 Å². The second-order valence-electron chi connectivity index (χ2n) is 4.75. The summed E-state index contributed by atoms with van der Waals surface area (Å²) in [6, 6.07) is 12.7.